The second kappa shape index (κ2) is 10.9. The number of hydrogen-bond acceptors (Lipinski definition) is 6. The van der Waals surface area contributed by atoms with Crippen LogP contribution in [0.4, 0.5) is 8.78 Å². The molecule has 194 valence electrons. The van der Waals surface area contributed by atoms with Gasteiger partial charge in [-0.2, -0.15) is 0 Å². The summed E-state index contributed by atoms with van der Waals surface area (Å²) in [6, 6.07) is 8.62. The van der Waals surface area contributed by atoms with E-state index in [1.54, 1.807) is 30.0 Å². The zero-order chi connectivity index (χ0) is 26.1. The third-order valence-corrected chi connectivity index (χ3v) is 8.05. The van der Waals surface area contributed by atoms with Gasteiger partial charge in [0.15, 0.2) is 12.2 Å². The predicted molar refractivity (Wildman–Crippen MR) is 139 cm³/mol. The van der Waals surface area contributed by atoms with E-state index in [-0.39, 0.29) is 23.8 Å². The molecule has 0 spiro atoms. The first-order chi connectivity index (χ1) is 17.8. The summed E-state index contributed by atoms with van der Waals surface area (Å²) < 4.78 is 34.0. The topological polar surface area (TPSA) is 64.0 Å². The zero-order valence-corrected chi connectivity index (χ0v) is 22.1. The minimum atomic E-state index is -0.817. The molecule has 3 aromatic rings. The largest absolute Gasteiger partial charge is 0.479 e. The summed E-state index contributed by atoms with van der Waals surface area (Å²) in [6.07, 6.45) is 0.263. The monoisotopic (exact) mass is 565 g/mol. The molecule has 2 unspecified atom stereocenters. The van der Waals surface area contributed by atoms with Gasteiger partial charge < -0.3 is 14.5 Å². The molecule has 1 aromatic heterocycles. The number of aromatic nitrogens is 1. The molecule has 1 saturated heterocycles. The van der Waals surface area contributed by atoms with E-state index in [4.69, 9.17) is 37.8 Å². The Morgan fingerprint density at radius 1 is 1.19 bits per heavy atom. The molecule has 2 aliphatic rings. The molecule has 0 bridgehead atoms. The highest BCUT2D eigenvalue weighted by Crippen LogP contribution is 2.35. The number of likely N-dealkylation sites (tertiary alicyclic amines) is 1. The summed E-state index contributed by atoms with van der Waals surface area (Å²) in [7, 11) is 0. The number of carbonyl (C=O) groups is 1. The Balaban J connectivity index is 1.16. The van der Waals surface area contributed by atoms with Crippen LogP contribution in [-0.2, 0) is 9.63 Å². The second-order valence-electron chi connectivity index (χ2n) is 8.98. The molecule has 3 heterocycles. The van der Waals surface area contributed by atoms with Crippen molar-refractivity contribution < 1.29 is 23.1 Å². The molecular weight excluding hydrogens is 543 g/mol. The van der Waals surface area contributed by atoms with Crippen LogP contribution in [0.1, 0.15) is 54.5 Å². The number of oxime groups is 1. The fourth-order valence-electron chi connectivity index (χ4n) is 4.53. The Morgan fingerprint density at radius 3 is 2.62 bits per heavy atom. The number of halogens is 4. The first kappa shape index (κ1) is 25.9. The maximum absolute atomic E-state index is 14.1. The number of carbonyl (C=O) groups excluding carboxylic acids is 1. The van der Waals surface area contributed by atoms with Crippen LogP contribution < -0.4 is 4.74 Å². The number of rotatable bonds is 6. The van der Waals surface area contributed by atoms with Crippen LogP contribution in [0.2, 0.25) is 10.0 Å². The fourth-order valence-corrected chi connectivity index (χ4v) is 5.98. The van der Waals surface area contributed by atoms with Crippen molar-refractivity contribution in [3.8, 4) is 5.75 Å². The first-order valence-corrected chi connectivity index (χ1v) is 13.5. The van der Waals surface area contributed by atoms with E-state index in [0.29, 0.717) is 40.3 Å². The Hall–Kier alpha value is -2.75. The van der Waals surface area contributed by atoms with Gasteiger partial charge in [0.1, 0.15) is 23.1 Å². The van der Waals surface area contributed by atoms with Crippen molar-refractivity contribution in [2.45, 2.75) is 44.3 Å². The lowest BCUT2D eigenvalue weighted by Gasteiger charge is -2.32. The molecule has 11 heteroatoms. The molecule has 1 fully saturated rings. The van der Waals surface area contributed by atoms with Crippen molar-refractivity contribution in [3.63, 3.8) is 0 Å². The van der Waals surface area contributed by atoms with Crippen LogP contribution in [0.5, 0.6) is 5.75 Å². The van der Waals surface area contributed by atoms with Crippen molar-refractivity contribution in [2.24, 2.45) is 5.16 Å². The van der Waals surface area contributed by atoms with Crippen LogP contribution in [-0.4, -0.2) is 40.7 Å². The summed E-state index contributed by atoms with van der Waals surface area (Å²) >= 11 is 13.6. The van der Waals surface area contributed by atoms with Gasteiger partial charge in [-0.3, -0.25) is 4.79 Å². The second-order valence-corrected chi connectivity index (χ2v) is 10.7. The Kier molecular flexibility index (Phi) is 7.65. The normalized spacial score (nSPS) is 18.9. The quantitative estimate of drug-likeness (QED) is 0.331. The Labute approximate surface area is 226 Å². The van der Waals surface area contributed by atoms with Crippen molar-refractivity contribution in [1.29, 1.82) is 0 Å². The molecule has 37 heavy (non-hydrogen) atoms. The van der Waals surface area contributed by atoms with Crippen LogP contribution in [0.25, 0.3) is 0 Å². The molecule has 0 N–H and O–H groups in total. The highest BCUT2D eigenvalue weighted by molar-refractivity contribution is 7.10. The van der Waals surface area contributed by atoms with E-state index in [9.17, 15) is 13.6 Å². The van der Waals surface area contributed by atoms with E-state index in [0.717, 1.165) is 17.8 Å². The van der Waals surface area contributed by atoms with E-state index < -0.39 is 23.8 Å². The zero-order valence-electron chi connectivity index (χ0n) is 19.8. The lowest BCUT2D eigenvalue weighted by atomic mass is 9.97. The third kappa shape index (κ3) is 5.58. The van der Waals surface area contributed by atoms with Crippen molar-refractivity contribution >= 4 is 46.2 Å². The van der Waals surface area contributed by atoms with E-state index in [1.165, 1.54) is 29.5 Å². The molecule has 2 aliphatic heterocycles. The van der Waals surface area contributed by atoms with Crippen molar-refractivity contribution in [1.82, 2.24) is 9.88 Å². The number of benzene rings is 2. The van der Waals surface area contributed by atoms with Crippen LogP contribution >= 0.6 is 34.5 Å². The molecular formula is C26H23Cl2F2N3O3S. The minimum Gasteiger partial charge on any atom is -0.479 e. The number of hydrogen-bond donors (Lipinski definition) is 0. The number of nitrogens with zero attached hydrogens (tertiary/aromatic N) is 3. The van der Waals surface area contributed by atoms with Crippen molar-refractivity contribution in [3.05, 3.63) is 79.7 Å². The summed E-state index contributed by atoms with van der Waals surface area (Å²) in [5.41, 5.74) is 1.10. The van der Waals surface area contributed by atoms with Gasteiger partial charge >= 0.3 is 0 Å². The average molecular weight is 566 g/mol. The number of piperidine rings is 1. The van der Waals surface area contributed by atoms with Gasteiger partial charge in [-0.15, -0.1) is 11.3 Å². The van der Waals surface area contributed by atoms with Gasteiger partial charge in [-0.05, 0) is 50.1 Å². The molecule has 6 nitrogen and oxygen atoms in total. The lowest BCUT2D eigenvalue weighted by molar-refractivity contribution is -0.139. The molecule has 2 atom stereocenters. The number of thiazole rings is 1. The van der Waals surface area contributed by atoms with E-state index >= 15 is 0 Å². The average Bonchev–Trinajstić information content (AvgIpc) is 3.56. The van der Waals surface area contributed by atoms with Crippen LogP contribution in [0.3, 0.4) is 0 Å². The van der Waals surface area contributed by atoms with Gasteiger partial charge in [-0.25, -0.2) is 13.8 Å². The Morgan fingerprint density at radius 2 is 1.92 bits per heavy atom. The maximum atomic E-state index is 14.1. The van der Waals surface area contributed by atoms with Gasteiger partial charge in [0.2, 0.25) is 0 Å². The molecule has 0 radical (unpaired) electrons. The summed E-state index contributed by atoms with van der Waals surface area (Å²) in [6.45, 7) is 2.87. The Bertz CT molecular complexity index is 1320. The lowest BCUT2D eigenvalue weighted by Crippen LogP contribution is -2.44. The smallest absolute Gasteiger partial charge is 0.263 e. The van der Waals surface area contributed by atoms with E-state index in [1.807, 2.05) is 5.38 Å². The summed E-state index contributed by atoms with van der Waals surface area (Å²) in [5.74, 6) is -0.799. The molecule has 0 aliphatic carbocycles. The first-order valence-electron chi connectivity index (χ1n) is 11.8. The molecule has 2 aromatic carbocycles. The molecule has 1 amide bonds. The predicted octanol–water partition coefficient (Wildman–Crippen LogP) is 6.77. The third-order valence-electron chi connectivity index (χ3n) is 6.51. The van der Waals surface area contributed by atoms with E-state index in [2.05, 4.69) is 5.16 Å². The maximum Gasteiger partial charge on any atom is 0.263 e. The van der Waals surface area contributed by atoms with Gasteiger partial charge in [0, 0.05) is 35.8 Å². The van der Waals surface area contributed by atoms with Crippen LogP contribution in [0.15, 0.2) is 46.9 Å². The summed E-state index contributed by atoms with van der Waals surface area (Å²) in [4.78, 5) is 24.8. The highest BCUT2D eigenvalue weighted by atomic mass is 35.5. The fraction of sp³-hybridized carbons (Fsp3) is 0.346. The number of amides is 1. The van der Waals surface area contributed by atoms with Crippen molar-refractivity contribution in [2.75, 3.05) is 13.1 Å². The highest BCUT2D eigenvalue weighted by Gasteiger charge is 2.32. The minimum absolute atomic E-state index is 0.104. The van der Waals surface area contributed by atoms with Crippen LogP contribution in [0, 0.1) is 11.6 Å². The molecule has 5 rings (SSSR count). The van der Waals surface area contributed by atoms with Gasteiger partial charge in [0.05, 0.1) is 21.3 Å². The van der Waals surface area contributed by atoms with Gasteiger partial charge in [0.25, 0.3) is 5.91 Å². The number of ether oxygens (including phenoxy) is 1. The summed E-state index contributed by atoms with van der Waals surface area (Å²) in [5, 5.41) is 7.74. The SMILES string of the molecule is CC(Oc1ccc(Cl)cc1Cl)C(=O)N1CCC(c2nc(C3=NOC(c4c(F)cccc4F)C3)cs2)CC1. The molecule has 0 saturated carbocycles. The van der Waals surface area contributed by atoms with Gasteiger partial charge in [-0.1, -0.05) is 34.4 Å². The standard InChI is InChI=1S/C26H23Cl2F2N3O3S/c1-14(35-22-6-5-16(27)11-17(22)28)26(34)33-9-7-15(8-10-33)25-31-21(13-37-25)20-12-23(36-32-20)24-18(29)3-2-4-19(24)30/h2-6,11,13-15,23H,7-10,12H2,1H3.